The Morgan fingerprint density at radius 2 is 1.81 bits per heavy atom. The van der Waals surface area contributed by atoms with Crippen LogP contribution in [-0.4, -0.2) is 20.0 Å². The first kappa shape index (κ1) is 15.6. The van der Waals surface area contributed by atoms with Gasteiger partial charge < -0.3 is 10.2 Å². The molecule has 0 atom stereocenters. The lowest BCUT2D eigenvalue weighted by Crippen LogP contribution is -2.23. The van der Waals surface area contributed by atoms with Gasteiger partial charge in [0, 0.05) is 30.8 Å². The maximum atomic E-state index is 12.2. The number of amides is 1. The van der Waals surface area contributed by atoms with Crippen molar-refractivity contribution >= 4 is 27.5 Å². The van der Waals surface area contributed by atoms with Gasteiger partial charge in [0.1, 0.15) is 0 Å². The van der Waals surface area contributed by atoms with Crippen LogP contribution < -0.4 is 10.2 Å². The molecular formula is C17H19BrN2O. The van der Waals surface area contributed by atoms with Crippen molar-refractivity contribution in [1.82, 2.24) is 5.32 Å². The van der Waals surface area contributed by atoms with Gasteiger partial charge in [-0.25, -0.2) is 0 Å². The summed E-state index contributed by atoms with van der Waals surface area (Å²) in [5, 5.41) is 2.95. The molecule has 0 aliphatic carbocycles. The van der Waals surface area contributed by atoms with E-state index in [0.29, 0.717) is 12.1 Å². The molecule has 0 saturated carbocycles. The van der Waals surface area contributed by atoms with Crippen molar-refractivity contribution in [3.05, 3.63) is 63.6 Å². The quantitative estimate of drug-likeness (QED) is 0.914. The van der Waals surface area contributed by atoms with Crippen molar-refractivity contribution in [2.75, 3.05) is 19.0 Å². The third-order valence-corrected chi connectivity index (χ3v) is 4.39. The topological polar surface area (TPSA) is 32.3 Å². The van der Waals surface area contributed by atoms with Crippen LogP contribution in [0.15, 0.2) is 46.9 Å². The smallest absolute Gasteiger partial charge is 0.252 e. The lowest BCUT2D eigenvalue weighted by atomic mass is 10.1. The third-order valence-electron chi connectivity index (χ3n) is 3.34. The molecule has 0 aliphatic rings. The van der Waals surface area contributed by atoms with Crippen LogP contribution in [0.25, 0.3) is 0 Å². The van der Waals surface area contributed by atoms with E-state index in [0.717, 1.165) is 21.3 Å². The molecule has 110 valence electrons. The summed E-state index contributed by atoms with van der Waals surface area (Å²) < 4.78 is 0.852. The molecule has 2 aromatic carbocycles. The summed E-state index contributed by atoms with van der Waals surface area (Å²) >= 11 is 3.47. The largest absolute Gasteiger partial charge is 0.378 e. The van der Waals surface area contributed by atoms with Gasteiger partial charge in [-0.3, -0.25) is 4.79 Å². The fraction of sp³-hybridized carbons (Fsp3) is 0.235. The normalized spacial score (nSPS) is 10.3. The highest BCUT2D eigenvalue weighted by Gasteiger charge is 2.10. The molecule has 0 unspecified atom stereocenters. The van der Waals surface area contributed by atoms with Crippen LogP contribution >= 0.6 is 15.9 Å². The number of halogens is 1. The van der Waals surface area contributed by atoms with Crippen molar-refractivity contribution < 1.29 is 4.79 Å². The molecule has 4 heteroatoms. The molecular weight excluding hydrogens is 328 g/mol. The summed E-state index contributed by atoms with van der Waals surface area (Å²) in [4.78, 5) is 14.3. The number of hydrogen-bond donors (Lipinski definition) is 1. The number of nitrogens with one attached hydrogen (secondary N) is 1. The number of hydrogen-bond acceptors (Lipinski definition) is 2. The summed E-state index contributed by atoms with van der Waals surface area (Å²) in [6, 6.07) is 13.8. The molecule has 2 rings (SSSR count). The highest BCUT2D eigenvalue weighted by Crippen LogP contribution is 2.21. The minimum atomic E-state index is -0.0674. The van der Waals surface area contributed by atoms with Gasteiger partial charge in [-0.2, -0.15) is 0 Å². The molecule has 2 aromatic rings. The van der Waals surface area contributed by atoms with Gasteiger partial charge >= 0.3 is 0 Å². The zero-order chi connectivity index (χ0) is 15.4. The van der Waals surface area contributed by atoms with E-state index in [1.807, 2.05) is 68.4 Å². The molecule has 1 amide bonds. The molecule has 0 fully saturated rings. The molecule has 0 spiro atoms. The molecule has 0 radical (unpaired) electrons. The summed E-state index contributed by atoms with van der Waals surface area (Å²) in [6.07, 6.45) is 0. The van der Waals surface area contributed by atoms with E-state index in [1.54, 1.807) is 0 Å². The van der Waals surface area contributed by atoms with Gasteiger partial charge in [-0.15, -0.1) is 0 Å². The molecule has 21 heavy (non-hydrogen) atoms. The Morgan fingerprint density at radius 1 is 1.14 bits per heavy atom. The van der Waals surface area contributed by atoms with Crippen LogP contribution in [-0.2, 0) is 6.54 Å². The van der Waals surface area contributed by atoms with Crippen molar-refractivity contribution in [1.29, 1.82) is 0 Å². The molecule has 0 bridgehead atoms. The minimum absolute atomic E-state index is 0.0674. The first-order valence-electron chi connectivity index (χ1n) is 6.78. The maximum absolute atomic E-state index is 12.2. The monoisotopic (exact) mass is 346 g/mol. The van der Waals surface area contributed by atoms with Gasteiger partial charge in [-0.1, -0.05) is 24.3 Å². The SMILES string of the molecule is Cc1cccc(C(=O)NCc2ccc(N(C)C)cc2)c1Br. The Bertz CT molecular complexity index is 636. The molecule has 0 aliphatic heterocycles. The summed E-state index contributed by atoms with van der Waals surface area (Å²) in [6.45, 7) is 2.49. The van der Waals surface area contributed by atoms with Crippen molar-refractivity contribution in [3.63, 3.8) is 0 Å². The Balaban J connectivity index is 2.02. The average molecular weight is 347 g/mol. The van der Waals surface area contributed by atoms with Crippen LogP contribution in [0.1, 0.15) is 21.5 Å². The molecule has 3 nitrogen and oxygen atoms in total. The maximum Gasteiger partial charge on any atom is 0.252 e. The number of nitrogens with zero attached hydrogens (tertiary/aromatic N) is 1. The van der Waals surface area contributed by atoms with Crippen molar-refractivity contribution in [3.8, 4) is 0 Å². The highest BCUT2D eigenvalue weighted by molar-refractivity contribution is 9.10. The molecule has 0 saturated heterocycles. The first-order chi connectivity index (χ1) is 9.99. The predicted molar refractivity (Wildman–Crippen MR) is 90.8 cm³/mol. The van der Waals surface area contributed by atoms with Gasteiger partial charge in [0.2, 0.25) is 0 Å². The van der Waals surface area contributed by atoms with E-state index >= 15 is 0 Å². The second-order valence-corrected chi connectivity index (χ2v) is 5.97. The average Bonchev–Trinajstić information content (AvgIpc) is 2.48. The lowest BCUT2D eigenvalue weighted by Gasteiger charge is -2.13. The zero-order valence-electron chi connectivity index (χ0n) is 12.5. The fourth-order valence-electron chi connectivity index (χ4n) is 2.01. The van der Waals surface area contributed by atoms with Crippen LogP contribution in [0.2, 0.25) is 0 Å². The highest BCUT2D eigenvalue weighted by atomic mass is 79.9. The Hall–Kier alpha value is -1.81. The molecule has 0 aromatic heterocycles. The van der Waals surface area contributed by atoms with Crippen LogP contribution in [0.5, 0.6) is 0 Å². The van der Waals surface area contributed by atoms with Crippen LogP contribution in [0.3, 0.4) is 0 Å². The summed E-state index contributed by atoms with van der Waals surface area (Å²) in [5.74, 6) is -0.0674. The van der Waals surface area contributed by atoms with Gasteiger partial charge in [-0.05, 0) is 52.2 Å². The fourth-order valence-corrected chi connectivity index (χ4v) is 2.46. The van der Waals surface area contributed by atoms with E-state index < -0.39 is 0 Å². The lowest BCUT2D eigenvalue weighted by molar-refractivity contribution is 0.0950. The van der Waals surface area contributed by atoms with Gasteiger partial charge in [0.05, 0.1) is 5.56 Å². The minimum Gasteiger partial charge on any atom is -0.378 e. The van der Waals surface area contributed by atoms with E-state index in [9.17, 15) is 4.79 Å². The Morgan fingerprint density at radius 3 is 2.43 bits per heavy atom. The number of rotatable bonds is 4. The number of aryl methyl sites for hydroxylation is 1. The summed E-state index contributed by atoms with van der Waals surface area (Å²) in [7, 11) is 4.01. The summed E-state index contributed by atoms with van der Waals surface area (Å²) in [5.41, 5.74) is 3.95. The second kappa shape index (κ2) is 6.76. The van der Waals surface area contributed by atoms with E-state index in [-0.39, 0.29) is 5.91 Å². The van der Waals surface area contributed by atoms with Gasteiger partial charge in [0.25, 0.3) is 5.91 Å². The molecule has 1 N–H and O–H groups in total. The Labute approximate surface area is 134 Å². The number of anilines is 1. The standard InChI is InChI=1S/C17H19BrN2O/c1-12-5-4-6-15(16(12)18)17(21)19-11-13-7-9-14(10-8-13)20(2)3/h4-10H,11H2,1-3H3,(H,19,21). The predicted octanol–water partition coefficient (Wildman–Crippen LogP) is 3.75. The van der Waals surface area contributed by atoms with E-state index in [4.69, 9.17) is 0 Å². The number of carbonyl (C=O) groups is 1. The van der Waals surface area contributed by atoms with Crippen molar-refractivity contribution in [2.24, 2.45) is 0 Å². The van der Waals surface area contributed by atoms with Gasteiger partial charge in [0.15, 0.2) is 0 Å². The Kier molecular flexibility index (Phi) is 5.02. The first-order valence-corrected chi connectivity index (χ1v) is 7.58. The van der Waals surface area contributed by atoms with E-state index in [1.165, 1.54) is 0 Å². The second-order valence-electron chi connectivity index (χ2n) is 5.18. The molecule has 0 heterocycles. The third kappa shape index (κ3) is 3.85. The number of benzene rings is 2. The van der Waals surface area contributed by atoms with Crippen LogP contribution in [0.4, 0.5) is 5.69 Å². The number of carbonyl (C=O) groups excluding carboxylic acids is 1. The van der Waals surface area contributed by atoms with E-state index in [2.05, 4.69) is 21.2 Å². The van der Waals surface area contributed by atoms with Crippen molar-refractivity contribution in [2.45, 2.75) is 13.5 Å². The zero-order valence-corrected chi connectivity index (χ0v) is 14.1. The van der Waals surface area contributed by atoms with Crippen LogP contribution in [0, 0.1) is 6.92 Å².